The normalized spacial score (nSPS) is 23.1. The SMILES string of the molecule is [C-]#[N+]C1CCCN(c2cccc(NC(=O)c3ccc(NS(=O)(=O)C4(C)CC4)cc3N3CCC4(CC3)CC4)n2)C1. The van der Waals surface area contributed by atoms with Crippen molar-refractivity contribution in [3.8, 4) is 0 Å². The maximum Gasteiger partial charge on any atom is 0.258 e. The Balaban J connectivity index is 1.24. The number of piperidine rings is 2. The van der Waals surface area contributed by atoms with Crippen molar-refractivity contribution in [3.63, 3.8) is 0 Å². The summed E-state index contributed by atoms with van der Waals surface area (Å²) in [5, 5.41) is 2.97. The van der Waals surface area contributed by atoms with E-state index in [4.69, 9.17) is 6.57 Å². The summed E-state index contributed by atoms with van der Waals surface area (Å²) in [7, 11) is -3.50. The number of amides is 1. The van der Waals surface area contributed by atoms with E-state index in [0.717, 1.165) is 56.8 Å². The lowest BCUT2D eigenvalue weighted by Gasteiger charge is -2.35. The van der Waals surface area contributed by atoms with Crippen molar-refractivity contribution in [3.05, 3.63) is 53.4 Å². The summed E-state index contributed by atoms with van der Waals surface area (Å²) in [4.78, 5) is 26.3. The van der Waals surface area contributed by atoms with Crippen molar-refractivity contribution in [2.45, 2.75) is 69.1 Å². The van der Waals surface area contributed by atoms with Crippen LogP contribution in [0, 0.1) is 12.0 Å². The van der Waals surface area contributed by atoms with Crippen LogP contribution in [0.25, 0.3) is 4.85 Å². The summed E-state index contributed by atoms with van der Waals surface area (Å²) in [6, 6.07) is 10.7. The summed E-state index contributed by atoms with van der Waals surface area (Å²) in [5.41, 5.74) is 2.21. The summed E-state index contributed by atoms with van der Waals surface area (Å²) < 4.78 is 27.8. The third-order valence-corrected chi connectivity index (χ3v) is 11.3. The zero-order valence-corrected chi connectivity index (χ0v) is 23.3. The molecule has 1 aromatic carbocycles. The van der Waals surface area contributed by atoms with E-state index in [1.165, 1.54) is 12.8 Å². The largest absolute Gasteiger partial charge is 0.371 e. The zero-order valence-electron chi connectivity index (χ0n) is 22.4. The standard InChI is InChI=1S/C29H36N6O3S/c1-28(10-11-28)39(37,38)33-21-8-9-23(24(19-21)34-17-14-29(12-13-29)15-18-34)27(36)32-25-6-3-7-26(31-25)35-16-4-5-22(20-35)30-2/h3,6-9,19,22,33H,4-5,10-18,20H2,1H3,(H,31,32,36). The molecule has 2 aliphatic heterocycles. The van der Waals surface area contributed by atoms with Crippen molar-refractivity contribution in [1.29, 1.82) is 0 Å². The van der Waals surface area contributed by atoms with Crippen LogP contribution in [0.1, 0.15) is 68.6 Å². The van der Waals surface area contributed by atoms with Gasteiger partial charge in [0, 0.05) is 26.1 Å². The number of sulfonamides is 1. The lowest BCUT2D eigenvalue weighted by Crippen LogP contribution is -2.37. The molecule has 1 spiro atoms. The lowest BCUT2D eigenvalue weighted by molar-refractivity contribution is 0.102. The molecule has 3 heterocycles. The Kier molecular flexibility index (Phi) is 6.45. The van der Waals surface area contributed by atoms with Crippen LogP contribution in [-0.2, 0) is 10.0 Å². The Labute approximate surface area is 230 Å². The van der Waals surface area contributed by atoms with Gasteiger partial charge in [0.1, 0.15) is 11.6 Å². The van der Waals surface area contributed by atoms with Crippen molar-refractivity contribution in [2.24, 2.45) is 5.41 Å². The first-order chi connectivity index (χ1) is 18.7. The monoisotopic (exact) mass is 548 g/mol. The molecule has 2 saturated heterocycles. The molecule has 1 atom stereocenters. The van der Waals surface area contributed by atoms with Crippen molar-refractivity contribution in [2.75, 3.05) is 46.0 Å². The fourth-order valence-corrected chi connectivity index (χ4v) is 7.11. The van der Waals surface area contributed by atoms with Gasteiger partial charge in [-0.15, -0.1) is 0 Å². The van der Waals surface area contributed by atoms with Gasteiger partial charge >= 0.3 is 0 Å². The highest BCUT2D eigenvalue weighted by Crippen LogP contribution is 2.54. The Morgan fingerprint density at radius 2 is 1.82 bits per heavy atom. The van der Waals surface area contributed by atoms with Gasteiger partial charge < -0.3 is 20.0 Å². The fourth-order valence-electron chi connectivity index (χ4n) is 5.79. The van der Waals surface area contributed by atoms with E-state index >= 15 is 0 Å². The second-order valence-corrected chi connectivity index (χ2v) is 14.2. The van der Waals surface area contributed by atoms with E-state index in [1.807, 2.05) is 18.2 Å². The second-order valence-electron chi connectivity index (χ2n) is 12.0. The van der Waals surface area contributed by atoms with E-state index in [-0.39, 0.29) is 11.9 Å². The first-order valence-electron chi connectivity index (χ1n) is 14.0. The number of carbonyl (C=O) groups excluding carboxylic acids is 1. The number of nitrogens with one attached hydrogen (secondary N) is 2. The number of anilines is 4. The van der Waals surface area contributed by atoms with Gasteiger partial charge in [0.25, 0.3) is 5.91 Å². The summed E-state index contributed by atoms with van der Waals surface area (Å²) in [6.45, 7) is 12.3. The molecule has 4 aliphatic rings. The third-order valence-electron chi connectivity index (χ3n) is 9.10. The molecule has 0 radical (unpaired) electrons. The Hall–Kier alpha value is -3.32. The highest BCUT2D eigenvalue weighted by Gasteiger charge is 2.50. The number of aromatic nitrogens is 1. The number of hydrogen-bond acceptors (Lipinski definition) is 6. The number of benzene rings is 1. The first kappa shape index (κ1) is 25.9. The summed E-state index contributed by atoms with van der Waals surface area (Å²) in [5.74, 6) is 0.934. The van der Waals surface area contributed by atoms with Crippen LogP contribution in [0.15, 0.2) is 36.4 Å². The maximum absolute atomic E-state index is 13.6. The molecule has 1 unspecified atom stereocenters. The van der Waals surface area contributed by atoms with Gasteiger partial charge in [0.05, 0.1) is 28.2 Å². The summed E-state index contributed by atoms with van der Waals surface area (Å²) >= 11 is 0. The van der Waals surface area contributed by atoms with Crippen LogP contribution in [0.3, 0.4) is 0 Å². The number of hydrogen-bond donors (Lipinski definition) is 2. The number of nitrogens with zero attached hydrogens (tertiary/aromatic N) is 4. The highest BCUT2D eigenvalue weighted by atomic mass is 32.2. The van der Waals surface area contributed by atoms with Gasteiger partial charge in [-0.2, -0.15) is 0 Å². The van der Waals surface area contributed by atoms with Gasteiger partial charge in [-0.05, 0) is 87.6 Å². The van der Waals surface area contributed by atoms with Gasteiger partial charge in [-0.1, -0.05) is 6.07 Å². The van der Waals surface area contributed by atoms with E-state index in [0.29, 0.717) is 41.9 Å². The van der Waals surface area contributed by atoms with Gasteiger partial charge in [0.2, 0.25) is 16.1 Å². The smallest absolute Gasteiger partial charge is 0.258 e. The molecule has 206 valence electrons. The molecule has 10 heteroatoms. The number of carbonyl (C=O) groups is 1. The van der Waals surface area contributed by atoms with Crippen LogP contribution in [0.2, 0.25) is 0 Å². The predicted molar refractivity (Wildman–Crippen MR) is 154 cm³/mol. The molecule has 6 rings (SSSR count). The minimum Gasteiger partial charge on any atom is -0.371 e. The maximum atomic E-state index is 13.6. The van der Waals surface area contributed by atoms with E-state index in [1.54, 1.807) is 25.1 Å². The van der Waals surface area contributed by atoms with E-state index in [2.05, 4.69) is 29.7 Å². The minimum atomic E-state index is -3.50. The molecule has 2 saturated carbocycles. The molecule has 2 aromatic rings. The summed E-state index contributed by atoms with van der Waals surface area (Å²) in [6.07, 6.45) is 7.91. The molecule has 4 fully saturated rings. The molecular weight excluding hydrogens is 512 g/mol. The molecule has 39 heavy (non-hydrogen) atoms. The van der Waals surface area contributed by atoms with Crippen LogP contribution in [0.5, 0.6) is 0 Å². The topological polar surface area (TPSA) is 99.0 Å². The first-order valence-corrected chi connectivity index (χ1v) is 15.5. The van der Waals surface area contributed by atoms with Gasteiger partial charge in [-0.25, -0.2) is 20.0 Å². The highest BCUT2D eigenvalue weighted by molar-refractivity contribution is 7.94. The van der Waals surface area contributed by atoms with Crippen LogP contribution < -0.4 is 19.8 Å². The quantitative estimate of drug-likeness (QED) is 0.478. The van der Waals surface area contributed by atoms with Crippen molar-refractivity contribution in [1.82, 2.24) is 4.98 Å². The Morgan fingerprint density at radius 3 is 2.51 bits per heavy atom. The van der Waals surface area contributed by atoms with Crippen LogP contribution in [-0.4, -0.2) is 56.3 Å². The molecule has 1 aromatic heterocycles. The molecule has 1 amide bonds. The number of rotatable bonds is 7. The molecule has 2 aliphatic carbocycles. The minimum absolute atomic E-state index is 0.0286. The number of pyridine rings is 1. The average Bonchev–Trinajstić information content (AvgIpc) is 3.88. The molecule has 2 N–H and O–H groups in total. The Morgan fingerprint density at radius 1 is 1.05 bits per heavy atom. The van der Waals surface area contributed by atoms with Crippen LogP contribution >= 0.6 is 0 Å². The van der Waals surface area contributed by atoms with Gasteiger partial charge in [-0.3, -0.25) is 9.52 Å². The molecule has 0 bridgehead atoms. The van der Waals surface area contributed by atoms with Crippen molar-refractivity contribution < 1.29 is 13.2 Å². The van der Waals surface area contributed by atoms with Gasteiger partial charge in [0.15, 0.2) is 0 Å². The van der Waals surface area contributed by atoms with E-state index in [9.17, 15) is 13.2 Å². The second kappa shape index (κ2) is 9.70. The lowest BCUT2D eigenvalue weighted by atomic mass is 9.93. The van der Waals surface area contributed by atoms with Crippen molar-refractivity contribution >= 4 is 38.9 Å². The fraction of sp³-hybridized carbons (Fsp3) is 0.552. The zero-order chi connectivity index (χ0) is 27.3. The molecular formula is C29H36N6O3S. The Bertz CT molecular complexity index is 1420. The van der Waals surface area contributed by atoms with E-state index < -0.39 is 14.8 Å². The third kappa shape index (κ3) is 5.29. The molecule has 9 nitrogen and oxygen atoms in total. The van der Waals surface area contributed by atoms with Crippen LogP contribution in [0.4, 0.5) is 23.0 Å². The average molecular weight is 549 g/mol. The predicted octanol–water partition coefficient (Wildman–Crippen LogP) is 4.90.